The summed E-state index contributed by atoms with van der Waals surface area (Å²) in [6, 6.07) is 17.4. The molecule has 2 aromatic carbocycles. The van der Waals surface area contributed by atoms with E-state index in [1.807, 2.05) is 42.5 Å². The number of anilines is 3. The van der Waals surface area contributed by atoms with Gasteiger partial charge in [0, 0.05) is 43.2 Å². The van der Waals surface area contributed by atoms with Gasteiger partial charge >= 0.3 is 6.03 Å². The number of hydrogen-bond donors (Lipinski definition) is 2. The van der Waals surface area contributed by atoms with Gasteiger partial charge in [-0.1, -0.05) is 31.0 Å². The number of urea groups is 1. The molecule has 2 fully saturated rings. The van der Waals surface area contributed by atoms with Gasteiger partial charge in [-0.2, -0.15) is 0 Å². The third kappa shape index (κ3) is 5.78. The van der Waals surface area contributed by atoms with Gasteiger partial charge in [0.25, 0.3) is 0 Å². The molecule has 2 saturated heterocycles. The van der Waals surface area contributed by atoms with Gasteiger partial charge in [-0.3, -0.25) is 4.79 Å². The van der Waals surface area contributed by atoms with E-state index in [4.69, 9.17) is 0 Å². The number of benzene rings is 2. The molecular weight excluding hydrogens is 388 g/mol. The fraction of sp³-hybridized carbons (Fsp3) is 0.440. The number of carbonyl (C=O) groups excluding carboxylic acids is 2. The maximum absolute atomic E-state index is 12.8. The van der Waals surface area contributed by atoms with Gasteiger partial charge in [0.15, 0.2) is 0 Å². The smallest absolute Gasteiger partial charge is 0.321 e. The standard InChI is InChI=1S/C25H32N4O2/c30-24(26-22-12-14-23(15-13-22)28-16-6-1-2-7-17-28)20-9-8-18-29(19-20)25(31)27-21-10-4-3-5-11-21/h3-5,10-15,20H,1-2,6-9,16-19H2,(H,26,30)(H,27,31)/t20-/m1/s1. The molecule has 0 radical (unpaired) electrons. The van der Waals surface area contributed by atoms with Crippen LogP contribution >= 0.6 is 0 Å². The summed E-state index contributed by atoms with van der Waals surface area (Å²) in [6.45, 7) is 3.33. The molecule has 0 bridgehead atoms. The first-order valence-electron chi connectivity index (χ1n) is 11.5. The summed E-state index contributed by atoms with van der Waals surface area (Å²) in [5, 5.41) is 5.96. The SMILES string of the molecule is O=C(Nc1ccc(N2CCCCCC2)cc1)[C@@H]1CCCN(C(=O)Nc2ccccc2)C1. The Kier molecular flexibility index (Phi) is 7.07. The Hall–Kier alpha value is -3.02. The minimum Gasteiger partial charge on any atom is -0.372 e. The number of rotatable bonds is 4. The van der Waals surface area contributed by atoms with Crippen LogP contribution in [0.25, 0.3) is 0 Å². The Morgan fingerprint density at radius 2 is 1.42 bits per heavy atom. The van der Waals surface area contributed by atoms with Crippen molar-refractivity contribution in [2.45, 2.75) is 38.5 Å². The quantitative estimate of drug-likeness (QED) is 0.736. The van der Waals surface area contributed by atoms with Crippen LogP contribution in [0.1, 0.15) is 38.5 Å². The van der Waals surface area contributed by atoms with Crippen LogP contribution in [0, 0.1) is 5.92 Å². The maximum Gasteiger partial charge on any atom is 0.321 e. The second-order valence-electron chi connectivity index (χ2n) is 8.52. The van der Waals surface area contributed by atoms with Crippen molar-refractivity contribution < 1.29 is 9.59 Å². The van der Waals surface area contributed by atoms with Gasteiger partial charge in [0.1, 0.15) is 0 Å². The lowest BCUT2D eigenvalue weighted by Gasteiger charge is -2.32. The zero-order valence-corrected chi connectivity index (χ0v) is 18.1. The van der Waals surface area contributed by atoms with E-state index in [-0.39, 0.29) is 17.9 Å². The molecule has 3 amide bonds. The maximum atomic E-state index is 12.8. The monoisotopic (exact) mass is 420 g/mol. The number of hydrogen-bond acceptors (Lipinski definition) is 3. The summed E-state index contributed by atoms with van der Waals surface area (Å²) in [4.78, 5) is 29.6. The first-order valence-corrected chi connectivity index (χ1v) is 11.5. The van der Waals surface area contributed by atoms with Gasteiger partial charge in [-0.15, -0.1) is 0 Å². The van der Waals surface area contributed by atoms with E-state index in [1.54, 1.807) is 4.90 Å². The number of carbonyl (C=O) groups is 2. The number of amides is 3. The summed E-state index contributed by atoms with van der Waals surface area (Å²) in [6.07, 6.45) is 6.74. The number of nitrogens with one attached hydrogen (secondary N) is 2. The van der Waals surface area contributed by atoms with E-state index in [1.165, 1.54) is 31.4 Å². The molecule has 1 atom stereocenters. The van der Waals surface area contributed by atoms with Gasteiger partial charge in [-0.25, -0.2) is 4.79 Å². The highest BCUT2D eigenvalue weighted by Crippen LogP contribution is 2.23. The Morgan fingerprint density at radius 1 is 0.742 bits per heavy atom. The molecule has 4 rings (SSSR count). The number of para-hydroxylation sites is 1. The molecule has 2 heterocycles. The Balaban J connectivity index is 1.31. The minimum absolute atomic E-state index is 0.0141. The molecule has 2 aliphatic rings. The highest BCUT2D eigenvalue weighted by Gasteiger charge is 2.28. The second-order valence-corrected chi connectivity index (χ2v) is 8.52. The van der Waals surface area contributed by atoms with Crippen molar-refractivity contribution in [3.05, 3.63) is 54.6 Å². The lowest BCUT2D eigenvalue weighted by molar-refractivity contribution is -0.121. The van der Waals surface area contributed by atoms with E-state index in [0.29, 0.717) is 13.1 Å². The molecule has 6 nitrogen and oxygen atoms in total. The molecule has 0 spiro atoms. The van der Waals surface area contributed by atoms with Gasteiger partial charge in [-0.05, 0) is 62.1 Å². The van der Waals surface area contributed by atoms with Crippen LogP contribution < -0.4 is 15.5 Å². The largest absolute Gasteiger partial charge is 0.372 e. The van der Waals surface area contributed by atoms with Crippen molar-refractivity contribution in [2.75, 3.05) is 41.7 Å². The molecule has 2 aromatic rings. The number of piperidine rings is 1. The average Bonchev–Trinajstić information content (AvgIpc) is 3.10. The topological polar surface area (TPSA) is 64.7 Å². The van der Waals surface area contributed by atoms with E-state index >= 15 is 0 Å². The molecule has 2 aliphatic heterocycles. The molecule has 0 saturated carbocycles. The van der Waals surface area contributed by atoms with Crippen molar-refractivity contribution >= 4 is 29.0 Å². The Morgan fingerprint density at radius 3 is 2.13 bits per heavy atom. The lowest BCUT2D eigenvalue weighted by atomic mass is 9.97. The van der Waals surface area contributed by atoms with E-state index < -0.39 is 0 Å². The normalized spacial score (nSPS) is 19.4. The van der Waals surface area contributed by atoms with E-state index in [9.17, 15) is 9.59 Å². The predicted molar refractivity (Wildman–Crippen MR) is 126 cm³/mol. The summed E-state index contributed by atoms with van der Waals surface area (Å²) < 4.78 is 0. The van der Waals surface area contributed by atoms with E-state index in [2.05, 4.69) is 27.7 Å². The van der Waals surface area contributed by atoms with Gasteiger partial charge < -0.3 is 20.4 Å². The Labute approximate surface area is 184 Å². The second kappa shape index (κ2) is 10.3. The number of likely N-dealkylation sites (tertiary alicyclic amines) is 1. The summed E-state index contributed by atoms with van der Waals surface area (Å²) >= 11 is 0. The van der Waals surface area contributed by atoms with Crippen molar-refractivity contribution in [2.24, 2.45) is 5.92 Å². The van der Waals surface area contributed by atoms with Crippen molar-refractivity contribution in [1.29, 1.82) is 0 Å². The molecule has 0 aliphatic carbocycles. The van der Waals surface area contributed by atoms with Crippen molar-refractivity contribution in [3.8, 4) is 0 Å². The number of nitrogens with zero attached hydrogens (tertiary/aromatic N) is 2. The molecule has 31 heavy (non-hydrogen) atoms. The lowest BCUT2D eigenvalue weighted by Crippen LogP contribution is -2.45. The van der Waals surface area contributed by atoms with Crippen LogP contribution in [-0.4, -0.2) is 43.0 Å². The predicted octanol–water partition coefficient (Wildman–Crippen LogP) is 4.95. The van der Waals surface area contributed by atoms with Crippen molar-refractivity contribution in [3.63, 3.8) is 0 Å². The molecule has 2 N–H and O–H groups in total. The van der Waals surface area contributed by atoms with Gasteiger partial charge in [0.05, 0.1) is 5.92 Å². The minimum atomic E-state index is -0.194. The molecule has 0 aromatic heterocycles. The Bertz CT molecular complexity index is 861. The third-order valence-corrected chi connectivity index (χ3v) is 6.21. The van der Waals surface area contributed by atoms with Crippen LogP contribution in [0.4, 0.5) is 21.9 Å². The highest BCUT2D eigenvalue weighted by molar-refractivity contribution is 5.94. The van der Waals surface area contributed by atoms with Crippen LogP contribution in [0.2, 0.25) is 0 Å². The van der Waals surface area contributed by atoms with Crippen LogP contribution in [0.15, 0.2) is 54.6 Å². The van der Waals surface area contributed by atoms with Crippen LogP contribution in [-0.2, 0) is 4.79 Å². The zero-order chi connectivity index (χ0) is 21.5. The zero-order valence-electron chi connectivity index (χ0n) is 18.1. The fourth-order valence-corrected chi connectivity index (χ4v) is 4.43. The fourth-order valence-electron chi connectivity index (χ4n) is 4.43. The summed E-state index contributed by atoms with van der Waals surface area (Å²) in [7, 11) is 0. The van der Waals surface area contributed by atoms with E-state index in [0.717, 1.165) is 37.3 Å². The van der Waals surface area contributed by atoms with Gasteiger partial charge in [0.2, 0.25) is 5.91 Å². The van der Waals surface area contributed by atoms with Crippen molar-refractivity contribution in [1.82, 2.24) is 4.90 Å². The average molecular weight is 421 g/mol. The van der Waals surface area contributed by atoms with Crippen LogP contribution in [0.5, 0.6) is 0 Å². The molecule has 0 unspecified atom stereocenters. The summed E-state index contributed by atoms with van der Waals surface area (Å²) in [5.41, 5.74) is 2.80. The summed E-state index contributed by atoms with van der Waals surface area (Å²) in [5.74, 6) is -0.208. The first-order chi connectivity index (χ1) is 15.2. The molecule has 164 valence electrons. The third-order valence-electron chi connectivity index (χ3n) is 6.21. The van der Waals surface area contributed by atoms with Crippen LogP contribution in [0.3, 0.4) is 0 Å². The molecular formula is C25H32N4O2. The highest BCUT2D eigenvalue weighted by atomic mass is 16.2. The first kappa shape index (κ1) is 21.2. The molecule has 6 heteroatoms.